The maximum absolute atomic E-state index is 12.6. The van der Waals surface area contributed by atoms with Gasteiger partial charge in [0.25, 0.3) is 0 Å². The molecule has 1 unspecified atom stereocenters. The number of likely N-dealkylation sites (tertiary alicyclic amines) is 1. The minimum Gasteiger partial charge on any atom is -0.468 e. The molecule has 1 atom stereocenters. The van der Waals surface area contributed by atoms with Gasteiger partial charge in [-0.05, 0) is 70.8 Å². The quantitative estimate of drug-likeness (QED) is 0.665. The van der Waals surface area contributed by atoms with Gasteiger partial charge in [-0.1, -0.05) is 0 Å². The Kier molecular flexibility index (Phi) is 5.67. The van der Waals surface area contributed by atoms with Gasteiger partial charge in [-0.25, -0.2) is 9.50 Å². The maximum atomic E-state index is 12.6. The van der Waals surface area contributed by atoms with Gasteiger partial charge < -0.3 is 9.73 Å². The average Bonchev–Trinajstić information content (AvgIpc) is 3.44. The second-order valence-corrected chi connectivity index (χ2v) is 7.90. The molecule has 1 N–H and O–H groups in total. The summed E-state index contributed by atoms with van der Waals surface area (Å²) in [5, 5.41) is 7.63. The molecule has 0 bridgehead atoms. The van der Waals surface area contributed by atoms with Crippen LogP contribution in [0.2, 0.25) is 0 Å². The summed E-state index contributed by atoms with van der Waals surface area (Å²) in [5.74, 6) is 0.971. The lowest BCUT2D eigenvalue weighted by molar-refractivity contribution is -0.121. The van der Waals surface area contributed by atoms with Gasteiger partial charge in [0.15, 0.2) is 5.65 Å². The largest absolute Gasteiger partial charge is 0.468 e. The van der Waals surface area contributed by atoms with E-state index in [9.17, 15) is 4.79 Å². The lowest BCUT2D eigenvalue weighted by Gasteiger charge is -2.26. The normalized spacial score (nSPS) is 15.8. The molecule has 0 saturated carbocycles. The highest BCUT2D eigenvalue weighted by molar-refractivity contribution is 5.76. The summed E-state index contributed by atoms with van der Waals surface area (Å²) in [7, 11) is 0. The summed E-state index contributed by atoms with van der Waals surface area (Å²) in [6.45, 7) is 8.68. The maximum Gasteiger partial charge on any atom is 0.220 e. The predicted octanol–water partition coefficient (Wildman–Crippen LogP) is 3.13. The van der Waals surface area contributed by atoms with Gasteiger partial charge in [-0.2, -0.15) is 5.10 Å². The Morgan fingerprint density at radius 1 is 1.28 bits per heavy atom. The highest BCUT2D eigenvalue weighted by atomic mass is 16.3. The monoisotopic (exact) mass is 395 g/mol. The van der Waals surface area contributed by atoms with Crippen molar-refractivity contribution < 1.29 is 9.21 Å². The molecule has 3 aromatic heterocycles. The molecule has 1 aliphatic heterocycles. The van der Waals surface area contributed by atoms with Crippen molar-refractivity contribution in [2.24, 2.45) is 0 Å². The van der Waals surface area contributed by atoms with Crippen molar-refractivity contribution in [1.82, 2.24) is 24.8 Å². The van der Waals surface area contributed by atoms with Gasteiger partial charge in [-0.15, -0.1) is 0 Å². The molecule has 1 amide bonds. The Morgan fingerprint density at radius 2 is 2.07 bits per heavy atom. The van der Waals surface area contributed by atoms with Crippen molar-refractivity contribution in [3.8, 4) is 0 Å². The van der Waals surface area contributed by atoms with Crippen LogP contribution in [0, 0.1) is 20.8 Å². The van der Waals surface area contributed by atoms with Crippen molar-refractivity contribution >= 4 is 11.6 Å². The zero-order valence-electron chi connectivity index (χ0n) is 17.4. The zero-order valence-corrected chi connectivity index (χ0v) is 17.4. The third-order valence-electron chi connectivity index (χ3n) is 5.83. The fourth-order valence-corrected chi connectivity index (χ4v) is 4.28. The second kappa shape index (κ2) is 8.37. The van der Waals surface area contributed by atoms with Gasteiger partial charge in [-0.3, -0.25) is 9.69 Å². The molecule has 1 saturated heterocycles. The van der Waals surface area contributed by atoms with E-state index in [1.54, 1.807) is 6.26 Å². The summed E-state index contributed by atoms with van der Waals surface area (Å²) in [6.07, 6.45) is 5.19. The summed E-state index contributed by atoms with van der Waals surface area (Å²) in [5.41, 5.74) is 4.92. The SMILES string of the molecule is Cc1cc2nc(C)c(CCC(=O)NCC(c3ccco3)N3CCCC3)c(C)n2n1. The van der Waals surface area contributed by atoms with Gasteiger partial charge in [0, 0.05) is 30.4 Å². The number of fused-ring (bicyclic) bond motifs is 1. The standard InChI is InChI=1S/C22H29N5O2/c1-15-13-21-24-16(2)18(17(3)27(21)25-15)8-9-22(28)23-14-19(20-7-6-12-29-20)26-10-4-5-11-26/h6-7,12-13,19H,4-5,8-11,14H2,1-3H3,(H,23,28). The number of carbonyl (C=O) groups is 1. The van der Waals surface area contributed by atoms with E-state index in [0.29, 0.717) is 19.4 Å². The highest BCUT2D eigenvalue weighted by Crippen LogP contribution is 2.25. The molecule has 3 aromatic rings. The minimum absolute atomic E-state index is 0.0521. The molecule has 0 radical (unpaired) electrons. The van der Waals surface area contributed by atoms with Crippen molar-refractivity contribution in [3.63, 3.8) is 0 Å². The first kappa shape index (κ1) is 19.6. The second-order valence-electron chi connectivity index (χ2n) is 7.90. The molecular weight excluding hydrogens is 366 g/mol. The molecule has 4 rings (SSSR count). The van der Waals surface area contributed by atoms with E-state index >= 15 is 0 Å². The van der Waals surface area contributed by atoms with Crippen LogP contribution in [-0.4, -0.2) is 45.0 Å². The van der Waals surface area contributed by atoms with Crippen molar-refractivity contribution in [2.75, 3.05) is 19.6 Å². The first-order chi connectivity index (χ1) is 14.0. The summed E-state index contributed by atoms with van der Waals surface area (Å²) in [4.78, 5) is 19.6. The zero-order chi connectivity index (χ0) is 20.4. The van der Waals surface area contributed by atoms with E-state index in [0.717, 1.165) is 47.1 Å². The number of furan rings is 1. The van der Waals surface area contributed by atoms with Gasteiger partial charge >= 0.3 is 0 Å². The summed E-state index contributed by atoms with van der Waals surface area (Å²) < 4.78 is 7.50. The number of nitrogens with one attached hydrogen (secondary N) is 1. The summed E-state index contributed by atoms with van der Waals surface area (Å²) in [6, 6.07) is 5.98. The molecule has 1 fully saturated rings. The number of aromatic nitrogens is 3. The van der Waals surface area contributed by atoms with Crippen LogP contribution in [-0.2, 0) is 11.2 Å². The van der Waals surface area contributed by atoms with Gasteiger partial charge in [0.05, 0.1) is 18.0 Å². The number of rotatable bonds is 7. The van der Waals surface area contributed by atoms with E-state index in [1.165, 1.54) is 12.8 Å². The molecule has 0 aliphatic carbocycles. The van der Waals surface area contributed by atoms with Gasteiger partial charge in [0.1, 0.15) is 5.76 Å². The average molecular weight is 396 g/mol. The Hall–Kier alpha value is -2.67. The van der Waals surface area contributed by atoms with Crippen LogP contribution < -0.4 is 5.32 Å². The molecule has 7 heteroatoms. The van der Waals surface area contributed by atoms with Crippen molar-refractivity contribution in [1.29, 1.82) is 0 Å². The molecule has 29 heavy (non-hydrogen) atoms. The Labute approximate surface area is 171 Å². The van der Waals surface area contributed by atoms with Crippen LogP contribution in [0.3, 0.4) is 0 Å². The van der Waals surface area contributed by atoms with Crippen LogP contribution in [0.25, 0.3) is 5.65 Å². The Bertz CT molecular complexity index is 986. The van der Waals surface area contributed by atoms with Crippen molar-refractivity contribution in [3.05, 3.63) is 52.9 Å². The number of carbonyl (C=O) groups excluding carboxylic acids is 1. The Balaban J connectivity index is 1.39. The molecular formula is C22H29N5O2. The van der Waals surface area contributed by atoms with Crippen LogP contribution in [0.4, 0.5) is 0 Å². The first-order valence-electron chi connectivity index (χ1n) is 10.4. The van der Waals surface area contributed by atoms with Gasteiger partial charge in [0.2, 0.25) is 5.91 Å². The van der Waals surface area contributed by atoms with E-state index < -0.39 is 0 Å². The number of aryl methyl sites for hydroxylation is 3. The van der Waals surface area contributed by atoms with Crippen molar-refractivity contribution in [2.45, 2.75) is 52.5 Å². The molecule has 1 aliphatic rings. The topological polar surface area (TPSA) is 75.7 Å². The molecule has 0 spiro atoms. The fourth-order valence-electron chi connectivity index (χ4n) is 4.28. The van der Waals surface area contributed by atoms with Crippen LogP contribution in [0.15, 0.2) is 28.9 Å². The minimum atomic E-state index is 0.0521. The molecule has 4 heterocycles. The van der Waals surface area contributed by atoms with Crippen LogP contribution >= 0.6 is 0 Å². The number of nitrogens with zero attached hydrogens (tertiary/aromatic N) is 4. The number of hydrogen-bond donors (Lipinski definition) is 1. The lowest BCUT2D eigenvalue weighted by Crippen LogP contribution is -2.36. The number of hydrogen-bond acceptors (Lipinski definition) is 5. The molecule has 0 aromatic carbocycles. The lowest BCUT2D eigenvalue weighted by atomic mass is 10.1. The highest BCUT2D eigenvalue weighted by Gasteiger charge is 2.26. The fraction of sp³-hybridized carbons (Fsp3) is 0.500. The third-order valence-corrected chi connectivity index (χ3v) is 5.83. The van der Waals surface area contributed by atoms with Crippen LogP contribution in [0.1, 0.15) is 53.7 Å². The smallest absolute Gasteiger partial charge is 0.220 e. The Morgan fingerprint density at radius 3 is 2.79 bits per heavy atom. The van der Waals surface area contributed by atoms with Crippen LogP contribution in [0.5, 0.6) is 0 Å². The first-order valence-corrected chi connectivity index (χ1v) is 10.4. The third kappa shape index (κ3) is 4.19. The predicted molar refractivity (Wildman–Crippen MR) is 111 cm³/mol. The molecule has 7 nitrogen and oxygen atoms in total. The van der Waals surface area contributed by atoms with E-state index in [1.807, 2.05) is 43.5 Å². The van der Waals surface area contributed by atoms with E-state index in [4.69, 9.17) is 4.42 Å². The van der Waals surface area contributed by atoms with E-state index in [-0.39, 0.29) is 11.9 Å². The summed E-state index contributed by atoms with van der Waals surface area (Å²) >= 11 is 0. The molecule has 154 valence electrons. The number of amides is 1. The van der Waals surface area contributed by atoms with E-state index in [2.05, 4.69) is 20.3 Å².